The Morgan fingerprint density at radius 1 is 0.396 bits per heavy atom. The summed E-state index contributed by atoms with van der Waals surface area (Å²) in [6, 6.07) is 67.7. The number of furan rings is 1. The summed E-state index contributed by atoms with van der Waals surface area (Å²) in [7, 11) is 0. The number of nitrogens with zero attached hydrogens (tertiary/aromatic N) is 1. The number of fused-ring (bicyclic) bond motifs is 7. The van der Waals surface area contributed by atoms with E-state index in [2.05, 4.69) is 201 Å². The van der Waals surface area contributed by atoms with E-state index >= 15 is 0 Å². The van der Waals surface area contributed by atoms with Crippen molar-refractivity contribution < 1.29 is 4.42 Å². The number of para-hydroxylation sites is 1. The molecule has 0 bridgehead atoms. The zero-order chi connectivity index (χ0) is 35.5. The summed E-state index contributed by atoms with van der Waals surface area (Å²) in [5.74, 6) is 0. The molecule has 0 amide bonds. The zero-order valence-corrected chi connectivity index (χ0v) is 29.8. The van der Waals surface area contributed by atoms with Crippen LogP contribution in [0.25, 0.3) is 66.4 Å². The highest BCUT2D eigenvalue weighted by atomic mass is 16.3. The molecule has 0 spiro atoms. The summed E-state index contributed by atoms with van der Waals surface area (Å²) in [6.45, 7) is 4.65. The van der Waals surface area contributed by atoms with Crippen LogP contribution >= 0.6 is 0 Å². The van der Waals surface area contributed by atoms with Gasteiger partial charge in [0.15, 0.2) is 0 Å². The molecule has 0 fully saturated rings. The lowest BCUT2D eigenvalue weighted by Gasteiger charge is -2.26. The predicted molar refractivity (Wildman–Crippen MR) is 222 cm³/mol. The molecule has 0 saturated heterocycles. The van der Waals surface area contributed by atoms with Crippen molar-refractivity contribution in [3.05, 3.63) is 199 Å². The maximum absolute atomic E-state index is 6.58. The Morgan fingerprint density at radius 3 is 1.42 bits per heavy atom. The first kappa shape index (κ1) is 31.1. The fourth-order valence-electron chi connectivity index (χ4n) is 8.32. The van der Waals surface area contributed by atoms with Crippen molar-refractivity contribution in [2.75, 3.05) is 4.90 Å². The quantitative estimate of drug-likeness (QED) is 0.174. The number of anilines is 3. The molecule has 53 heavy (non-hydrogen) atoms. The van der Waals surface area contributed by atoms with Gasteiger partial charge in [-0.05, 0) is 98.6 Å². The third-order valence-electron chi connectivity index (χ3n) is 11.1. The fourth-order valence-corrected chi connectivity index (χ4v) is 8.32. The lowest BCUT2D eigenvalue weighted by atomic mass is 9.82. The summed E-state index contributed by atoms with van der Waals surface area (Å²) in [5, 5.41) is 2.34. The molecule has 1 aliphatic carbocycles. The lowest BCUT2D eigenvalue weighted by Crippen LogP contribution is -2.14. The van der Waals surface area contributed by atoms with E-state index in [-0.39, 0.29) is 5.41 Å². The second kappa shape index (κ2) is 12.3. The molecule has 1 heterocycles. The Labute approximate surface area is 310 Å². The first-order valence-electron chi connectivity index (χ1n) is 18.3. The van der Waals surface area contributed by atoms with Crippen molar-refractivity contribution in [1.82, 2.24) is 0 Å². The minimum Gasteiger partial charge on any atom is -0.455 e. The first-order valence-corrected chi connectivity index (χ1v) is 18.3. The highest BCUT2D eigenvalue weighted by molar-refractivity contribution is 6.12. The average molecular weight is 680 g/mol. The fraction of sp³-hybridized carbons (Fsp3) is 0.0588. The average Bonchev–Trinajstić information content (AvgIpc) is 3.71. The SMILES string of the molecule is CC1(C)c2ccc(-c3ccc(N(c4ccc(-c5ccccc5)cc4)c4ccc(-c5ccccc5)cc4)cc3)cc2-c2c1ccc1c2oc2ccccc21. The molecule has 0 saturated carbocycles. The van der Waals surface area contributed by atoms with E-state index in [1.165, 1.54) is 61.0 Å². The molecule has 0 aliphatic heterocycles. The molecule has 2 nitrogen and oxygen atoms in total. The van der Waals surface area contributed by atoms with Crippen molar-refractivity contribution in [2.45, 2.75) is 19.3 Å². The zero-order valence-electron chi connectivity index (χ0n) is 29.8. The maximum atomic E-state index is 6.58. The predicted octanol–water partition coefficient (Wildman–Crippen LogP) is 14.4. The molecule has 2 heteroatoms. The summed E-state index contributed by atoms with van der Waals surface area (Å²) >= 11 is 0. The van der Waals surface area contributed by atoms with Gasteiger partial charge in [0, 0.05) is 38.8 Å². The Kier molecular flexibility index (Phi) is 7.19. The van der Waals surface area contributed by atoms with Gasteiger partial charge in [-0.2, -0.15) is 0 Å². The van der Waals surface area contributed by atoms with Gasteiger partial charge in [-0.15, -0.1) is 0 Å². The van der Waals surface area contributed by atoms with Crippen LogP contribution < -0.4 is 4.90 Å². The van der Waals surface area contributed by atoms with E-state index in [4.69, 9.17) is 4.42 Å². The number of rotatable bonds is 6. The molecule has 10 rings (SSSR count). The standard InChI is InChI=1S/C51H37NO/c1-51(2)46-31-23-39(33-45(46)49-47(51)32-30-44-43-15-9-10-16-48(43)53-50(44)49)38-21-28-42(29-22-38)52(40-24-17-36(18-25-40)34-11-5-3-6-12-34)41-26-19-37(20-27-41)35-13-7-4-8-14-35/h3-33H,1-2H3. The van der Waals surface area contributed by atoms with Crippen LogP contribution in [0.3, 0.4) is 0 Å². The minimum atomic E-state index is -0.118. The highest BCUT2D eigenvalue weighted by Gasteiger charge is 2.37. The molecule has 1 aliphatic rings. The van der Waals surface area contributed by atoms with Crippen LogP contribution in [0.15, 0.2) is 192 Å². The molecule has 252 valence electrons. The van der Waals surface area contributed by atoms with Gasteiger partial charge in [0.25, 0.3) is 0 Å². The van der Waals surface area contributed by atoms with Gasteiger partial charge in [-0.3, -0.25) is 0 Å². The van der Waals surface area contributed by atoms with Crippen molar-refractivity contribution in [1.29, 1.82) is 0 Å². The van der Waals surface area contributed by atoms with E-state index in [1.807, 2.05) is 6.07 Å². The van der Waals surface area contributed by atoms with E-state index in [0.29, 0.717) is 0 Å². The van der Waals surface area contributed by atoms with Crippen molar-refractivity contribution in [2.24, 2.45) is 0 Å². The summed E-state index contributed by atoms with van der Waals surface area (Å²) < 4.78 is 6.58. The maximum Gasteiger partial charge on any atom is 0.143 e. The molecule has 1 aromatic heterocycles. The number of benzene rings is 8. The van der Waals surface area contributed by atoms with Gasteiger partial charge in [0.2, 0.25) is 0 Å². The van der Waals surface area contributed by atoms with Gasteiger partial charge < -0.3 is 9.32 Å². The Bertz CT molecular complexity index is 2670. The molecular weight excluding hydrogens is 643 g/mol. The van der Waals surface area contributed by atoms with Gasteiger partial charge in [0.05, 0.1) is 0 Å². The van der Waals surface area contributed by atoms with Crippen LogP contribution in [-0.2, 0) is 5.41 Å². The molecule has 0 N–H and O–H groups in total. The van der Waals surface area contributed by atoms with Crippen molar-refractivity contribution in [3.8, 4) is 44.5 Å². The second-order valence-corrected chi connectivity index (χ2v) is 14.6. The van der Waals surface area contributed by atoms with Gasteiger partial charge in [0.1, 0.15) is 11.2 Å². The smallest absolute Gasteiger partial charge is 0.143 e. The molecule has 0 atom stereocenters. The van der Waals surface area contributed by atoms with Crippen LogP contribution in [0.4, 0.5) is 17.1 Å². The largest absolute Gasteiger partial charge is 0.455 e. The Balaban J connectivity index is 1.04. The van der Waals surface area contributed by atoms with Crippen LogP contribution in [0.1, 0.15) is 25.0 Å². The number of hydrogen-bond donors (Lipinski definition) is 0. The highest BCUT2D eigenvalue weighted by Crippen LogP contribution is 2.53. The minimum absolute atomic E-state index is 0.118. The third kappa shape index (κ3) is 5.18. The topological polar surface area (TPSA) is 16.4 Å². The second-order valence-electron chi connectivity index (χ2n) is 14.6. The molecule has 9 aromatic rings. The van der Waals surface area contributed by atoms with Crippen LogP contribution in [0, 0.1) is 0 Å². The molecule has 0 unspecified atom stereocenters. The monoisotopic (exact) mass is 679 g/mol. The molecule has 8 aromatic carbocycles. The Hall–Kier alpha value is -6.64. The molecule has 0 radical (unpaired) electrons. The van der Waals surface area contributed by atoms with Gasteiger partial charge >= 0.3 is 0 Å². The van der Waals surface area contributed by atoms with Gasteiger partial charge in [-0.1, -0.05) is 153 Å². The first-order chi connectivity index (χ1) is 26.0. The summed E-state index contributed by atoms with van der Waals surface area (Å²) in [4.78, 5) is 2.34. The van der Waals surface area contributed by atoms with Gasteiger partial charge in [-0.25, -0.2) is 0 Å². The van der Waals surface area contributed by atoms with Crippen molar-refractivity contribution in [3.63, 3.8) is 0 Å². The van der Waals surface area contributed by atoms with E-state index in [1.54, 1.807) is 0 Å². The normalized spacial score (nSPS) is 12.9. The van der Waals surface area contributed by atoms with E-state index in [0.717, 1.165) is 33.6 Å². The van der Waals surface area contributed by atoms with E-state index < -0.39 is 0 Å². The van der Waals surface area contributed by atoms with E-state index in [9.17, 15) is 0 Å². The summed E-state index contributed by atoms with van der Waals surface area (Å²) in [6.07, 6.45) is 0. The van der Waals surface area contributed by atoms with Crippen LogP contribution in [0.2, 0.25) is 0 Å². The van der Waals surface area contributed by atoms with Crippen LogP contribution in [-0.4, -0.2) is 0 Å². The van der Waals surface area contributed by atoms with Crippen molar-refractivity contribution >= 4 is 39.0 Å². The number of hydrogen-bond acceptors (Lipinski definition) is 2. The lowest BCUT2D eigenvalue weighted by molar-refractivity contribution is 0.653. The third-order valence-corrected chi connectivity index (χ3v) is 11.1. The molecular formula is C51H37NO. The van der Waals surface area contributed by atoms with Crippen LogP contribution in [0.5, 0.6) is 0 Å². The Morgan fingerprint density at radius 2 is 0.849 bits per heavy atom. The summed E-state index contributed by atoms with van der Waals surface area (Å²) in [5.41, 5.74) is 17.4.